The molecule has 4 rings (SSSR count). The Morgan fingerprint density at radius 1 is 1.18 bits per heavy atom. The standard InChI is InChI=1S/C22H25N3O2S/c1-16(27-18-7-3-2-4-8-18)21(26)23-15-17-11-13-25(14-12-17)22-24-19-9-5-6-10-20(19)28-22/h2-10,16-17H,11-15H2,1H3,(H,23,26). The first-order valence-electron chi connectivity index (χ1n) is 9.79. The van der Waals surface area contributed by atoms with E-state index >= 15 is 0 Å². The molecule has 2 heterocycles. The third kappa shape index (κ3) is 4.44. The monoisotopic (exact) mass is 395 g/mol. The molecule has 1 aromatic heterocycles. The maximum atomic E-state index is 12.3. The summed E-state index contributed by atoms with van der Waals surface area (Å²) in [5.74, 6) is 1.16. The van der Waals surface area contributed by atoms with Gasteiger partial charge in [-0.2, -0.15) is 0 Å². The van der Waals surface area contributed by atoms with Gasteiger partial charge in [0.05, 0.1) is 10.2 Å². The summed E-state index contributed by atoms with van der Waals surface area (Å²) in [6.45, 7) is 4.46. The molecule has 0 spiro atoms. The number of carbonyl (C=O) groups is 1. The Balaban J connectivity index is 1.23. The predicted molar refractivity (Wildman–Crippen MR) is 114 cm³/mol. The van der Waals surface area contributed by atoms with Crippen molar-refractivity contribution in [3.63, 3.8) is 0 Å². The normalized spacial score (nSPS) is 16.1. The minimum atomic E-state index is -0.495. The number of rotatable bonds is 6. The number of thiazole rings is 1. The molecule has 1 aliphatic rings. The number of hydrogen-bond acceptors (Lipinski definition) is 5. The number of benzene rings is 2. The number of ether oxygens (including phenoxy) is 1. The van der Waals surface area contributed by atoms with E-state index in [0.29, 0.717) is 18.2 Å². The average Bonchev–Trinajstić information content (AvgIpc) is 3.17. The van der Waals surface area contributed by atoms with Crippen molar-refractivity contribution in [2.24, 2.45) is 5.92 Å². The van der Waals surface area contributed by atoms with Crippen LogP contribution in [0.1, 0.15) is 19.8 Å². The zero-order valence-electron chi connectivity index (χ0n) is 16.0. The summed E-state index contributed by atoms with van der Waals surface area (Å²) in [6.07, 6.45) is 1.62. The van der Waals surface area contributed by atoms with Gasteiger partial charge in [0, 0.05) is 19.6 Å². The Kier molecular flexibility index (Phi) is 5.76. The molecule has 1 saturated heterocycles. The number of piperidine rings is 1. The summed E-state index contributed by atoms with van der Waals surface area (Å²) in [6, 6.07) is 17.7. The number of nitrogens with one attached hydrogen (secondary N) is 1. The lowest BCUT2D eigenvalue weighted by Gasteiger charge is -2.32. The maximum absolute atomic E-state index is 12.3. The van der Waals surface area contributed by atoms with Crippen LogP contribution in [0.5, 0.6) is 5.75 Å². The van der Waals surface area contributed by atoms with Gasteiger partial charge in [0.2, 0.25) is 0 Å². The Morgan fingerprint density at radius 2 is 1.89 bits per heavy atom. The van der Waals surface area contributed by atoms with Gasteiger partial charge < -0.3 is 15.0 Å². The third-order valence-electron chi connectivity index (χ3n) is 5.16. The van der Waals surface area contributed by atoms with E-state index in [-0.39, 0.29) is 5.91 Å². The highest BCUT2D eigenvalue weighted by molar-refractivity contribution is 7.22. The van der Waals surface area contributed by atoms with Crippen LogP contribution in [0.15, 0.2) is 54.6 Å². The summed E-state index contributed by atoms with van der Waals surface area (Å²) < 4.78 is 6.93. The number of fused-ring (bicyclic) bond motifs is 1. The summed E-state index contributed by atoms with van der Waals surface area (Å²) in [7, 11) is 0. The van der Waals surface area contributed by atoms with Crippen molar-refractivity contribution in [1.29, 1.82) is 0 Å². The number of anilines is 1. The van der Waals surface area contributed by atoms with E-state index in [1.54, 1.807) is 18.3 Å². The first kappa shape index (κ1) is 18.7. The first-order chi connectivity index (χ1) is 13.7. The lowest BCUT2D eigenvalue weighted by atomic mass is 9.97. The van der Waals surface area contributed by atoms with Crippen LogP contribution in [-0.4, -0.2) is 36.6 Å². The van der Waals surface area contributed by atoms with Crippen LogP contribution in [-0.2, 0) is 4.79 Å². The smallest absolute Gasteiger partial charge is 0.260 e. The molecule has 6 heteroatoms. The topological polar surface area (TPSA) is 54.5 Å². The highest BCUT2D eigenvalue weighted by Gasteiger charge is 2.23. The molecule has 0 aliphatic carbocycles. The van der Waals surface area contributed by atoms with E-state index < -0.39 is 6.10 Å². The van der Waals surface area contributed by atoms with Gasteiger partial charge in [0.1, 0.15) is 5.75 Å². The van der Waals surface area contributed by atoms with Crippen molar-refractivity contribution in [1.82, 2.24) is 10.3 Å². The molecule has 146 valence electrons. The van der Waals surface area contributed by atoms with Crippen molar-refractivity contribution in [3.8, 4) is 5.75 Å². The molecule has 3 aromatic rings. The Morgan fingerprint density at radius 3 is 2.64 bits per heavy atom. The molecule has 1 amide bonds. The molecule has 1 atom stereocenters. The van der Waals surface area contributed by atoms with Gasteiger partial charge in [0.15, 0.2) is 11.2 Å². The molecule has 0 bridgehead atoms. The van der Waals surface area contributed by atoms with Crippen LogP contribution in [0.25, 0.3) is 10.2 Å². The summed E-state index contributed by atoms with van der Waals surface area (Å²) in [5.41, 5.74) is 1.07. The molecule has 2 aromatic carbocycles. The molecule has 1 aliphatic heterocycles. The van der Waals surface area contributed by atoms with Gasteiger partial charge in [0.25, 0.3) is 5.91 Å². The van der Waals surface area contributed by atoms with Gasteiger partial charge >= 0.3 is 0 Å². The minimum Gasteiger partial charge on any atom is -0.481 e. The second kappa shape index (κ2) is 8.61. The Bertz CT molecular complexity index is 887. The minimum absolute atomic E-state index is 0.0579. The zero-order chi connectivity index (χ0) is 19.3. The van der Waals surface area contributed by atoms with E-state index in [1.165, 1.54) is 4.70 Å². The summed E-state index contributed by atoms with van der Waals surface area (Å²) >= 11 is 1.76. The van der Waals surface area contributed by atoms with Crippen molar-refractivity contribution in [2.45, 2.75) is 25.9 Å². The van der Waals surface area contributed by atoms with Gasteiger partial charge in [-0.05, 0) is 49.9 Å². The Labute approximate surface area is 169 Å². The fourth-order valence-electron chi connectivity index (χ4n) is 3.47. The zero-order valence-corrected chi connectivity index (χ0v) is 16.8. The van der Waals surface area contributed by atoms with Gasteiger partial charge in [-0.3, -0.25) is 4.79 Å². The van der Waals surface area contributed by atoms with Crippen LogP contribution >= 0.6 is 11.3 Å². The van der Waals surface area contributed by atoms with E-state index in [0.717, 1.165) is 36.6 Å². The average molecular weight is 396 g/mol. The van der Waals surface area contributed by atoms with Crippen molar-refractivity contribution in [3.05, 3.63) is 54.6 Å². The lowest BCUT2D eigenvalue weighted by Crippen LogP contribution is -2.42. The van der Waals surface area contributed by atoms with Crippen LogP contribution in [0.3, 0.4) is 0 Å². The van der Waals surface area contributed by atoms with E-state index in [4.69, 9.17) is 9.72 Å². The Hall–Kier alpha value is -2.60. The predicted octanol–water partition coefficient (Wildman–Crippen LogP) is 4.10. The van der Waals surface area contributed by atoms with Crippen LogP contribution in [0, 0.1) is 5.92 Å². The number of aromatic nitrogens is 1. The summed E-state index contributed by atoms with van der Waals surface area (Å²) in [4.78, 5) is 19.4. The number of hydrogen-bond donors (Lipinski definition) is 1. The molecule has 1 unspecified atom stereocenters. The van der Waals surface area contributed by atoms with Crippen LogP contribution in [0.4, 0.5) is 5.13 Å². The molecule has 0 radical (unpaired) electrons. The van der Waals surface area contributed by atoms with E-state index in [1.807, 2.05) is 36.4 Å². The first-order valence-corrected chi connectivity index (χ1v) is 10.6. The van der Waals surface area contributed by atoms with Crippen molar-refractivity contribution in [2.75, 3.05) is 24.5 Å². The van der Waals surface area contributed by atoms with Gasteiger partial charge in [-0.1, -0.05) is 41.7 Å². The fourth-order valence-corrected chi connectivity index (χ4v) is 4.49. The van der Waals surface area contributed by atoms with E-state index in [9.17, 15) is 4.79 Å². The van der Waals surface area contributed by atoms with Crippen LogP contribution in [0.2, 0.25) is 0 Å². The third-order valence-corrected chi connectivity index (χ3v) is 6.26. The number of nitrogens with zero attached hydrogens (tertiary/aromatic N) is 2. The van der Waals surface area contributed by atoms with E-state index in [2.05, 4.69) is 28.4 Å². The highest BCUT2D eigenvalue weighted by Crippen LogP contribution is 2.31. The quantitative estimate of drug-likeness (QED) is 0.683. The van der Waals surface area contributed by atoms with Gasteiger partial charge in [-0.25, -0.2) is 4.98 Å². The largest absolute Gasteiger partial charge is 0.481 e. The molecule has 1 N–H and O–H groups in total. The number of carbonyl (C=O) groups excluding carboxylic acids is 1. The summed E-state index contributed by atoms with van der Waals surface area (Å²) in [5, 5.41) is 4.16. The molecule has 1 fully saturated rings. The maximum Gasteiger partial charge on any atom is 0.260 e. The second-order valence-electron chi connectivity index (χ2n) is 7.21. The number of amides is 1. The van der Waals surface area contributed by atoms with Crippen molar-refractivity contribution >= 4 is 32.6 Å². The lowest BCUT2D eigenvalue weighted by molar-refractivity contribution is -0.127. The molecule has 0 saturated carbocycles. The highest BCUT2D eigenvalue weighted by atomic mass is 32.1. The molecule has 28 heavy (non-hydrogen) atoms. The van der Waals surface area contributed by atoms with Crippen LogP contribution < -0.4 is 15.0 Å². The molecule has 5 nitrogen and oxygen atoms in total. The fraction of sp³-hybridized carbons (Fsp3) is 0.364. The molecular weight excluding hydrogens is 370 g/mol. The SMILES string of the molecule is CC(Oc1ccccc1)C(=O)NCC1CCN(c2nc3ccccc3s2)CC1. The number of para-hydroxylation sites is 2. The van der Waals surface area contributed by atoms with Gasteiger partial charge in [-0.15, -0.1) is 0 Å². The molecular formula is C22H25N3O2S. The van der Waals surface area contributed by atoms with Crippen molar-refractivity contribution < 1.29 is 9.53 Å². The second-order valence-corrected chi connectivity index (χ2v) is 8.22.